The Kier molecular flexibility index (Phi) is 2.60. The molecule has 4 heteroatoms. The summed E-state index contributed by atoms with van der Waals surface area (Å²) in [4.78, 5) is 11.7. The quantitative estimate of drug-likeness (QED) is 0.512. The molecule has 1 fully saturated rings. The summed E-state index contributed by atoms with van der Waals surface area (Å²) in [5.41, 5.74) is 5.09. The second-order valence-corrected chi connectivity index (χ2v) is 3.92. The van der Waals surface area contributed by atoms with Gasteiger partial charge in [-0.25, -0.2) is 0 Å². The maximum absolute atomic E-state index is 11.7. The summed E-state index contributed by atoms with van der Waals surface area (Å²) < 4.78 is 0. The number of nitrogens with two attached hydrogens (primary N) is 1. The van der Waals surface area contributed by atoms with Crippen LogP contribution in [0.1, 0.15) is 28.8 Å². The van der Waals surface area contributed by atoms with Crippen molar-refractivity contribution in [3.8, 4) is 0 Å². The first-order valence-electron chi connectivity index (χ1n) is 5.09. The molecule has 0 radical (unpaired) electrons. The van der Waals surface area contributed by atoms with Gasteiger partial charge in [0.05, 0.1) is 5.69 Å². The normalized spacial score (nSPS) is 14.8. The molecule has 1 amide bonds. The van der Waals surface area contributed by atoms with E-state index in [0.29, 0.717) is 11.6 Å². The van der Waals surface area contributed by atoms with Gasteiger partial charge < -0.3 is 10.7 Å². The third-order valence-corrected chi connectivity index (χ3v) is 2.56. The average Bonchev–Trinajstić information content (AvgIpc) is 3.01. The third-order valence-electron chi connectivity index (χ3n) is 2.56. The molecular weight excluding hydrogens is 190 g/mol. The van der Waals surface area contributed by atoms with Gasteiger partial charge in [-0.3, -0.25) is 10.6 Å². The number of hydrazine groups is 1. The first kappa shape index (κ1) is 9.98. The first-order chi connectivity index (χ1) is 7.20. The Bertz CT molecular complexity index is 385. The number of amides is 1. The van der Waals surface area contributed by atoms with Crippen LogP contribution in [0.25, 0.3) is 0 Å². The number of anilines is 1. The summed E-state index contributed by atoms with van der Waals surface area (Å²) in [6, 6.07) is 5.83. The molecular formula is C11H15N3O. The summed E-state index contributed by atoms with van der Waals surface area (Å²) >= 11 is 0. The molecule has 1 aromatic rings. The smallest absolute Gasteiger partial charge is 0.251 e. The van der Waals surface area contributed by atoms with Gasteiger partial charge in [0.1, 0.15) is 0 Å². The maximum atomic E-state index is 11.7. The van der Waals surface area contributed by atoms with Gasteiger partial charge >= 0.3 is 0 Å². The van der Waals surface area contributed by atoms with Crippen molar-refractivity contribution in [3.63, 3.8) is 0 Å². The van der Waals surface area contributed by atoms with Crippen molar-refractivity contribution in [2.75, 3.05) is 5.43 Å². The van der Waals surface area contributed by atoms with Gasteiger partial charge in [0.2, 0.25) is 0 Å². The molecule has 0 atom stereocenters. The van der Waals surface area contributed by atoms with Crippen LogP contribution in [0.2, 0.25) is 0 Å². The molecule has 15 heavy (non-hydrogen) atoms. The minimum atomic E-state index is 0.00386. The van der Waals surface area contributed by atoms with Gasteiger partial charge in [0.25, 0.3) is 5.91 Å². The number of nitrogens with one attached hydrogen (secondary N) is 2. The molecule has 0 aliphatic heterocycles. The van der Waals surface area contributed by atoms with Gasteiger partial charge in [-0.2, -0.15) is 0 Å². The molecule has 0 aromatic heterocycles. The lowest BCUT2D eigenvalue weighted by atomic mass is 10.1. The lowest BCUT2D eigenvalue weighted by molar-refractivity contribution is 0.0951. The third kappa shape index (κ3) is 2.27. The van der Waals surface area contributed by atoms with E-state index in [0.717, 1.165) is 24.1 Å². The molecule has 0 saturated heterocycles. The molecule has 4 N–H and O–H groups in total. The Balaban J connectivity index is 2.13. The number of rotatable bonds is 3. The summed E-state index contributed by atoms with van der Waals surface area (Å²) in [7, 11) is 0. The number of carbonyl (C=O) groups is 1. The minimum Gasteiger partial charge on any atom is -0.349 e. The maximum Gasteiger partial charge on any atom is 0.251 e. The summed E-state index contributed by atoms with van der Waals surface area (Å²) in [5.74, 6) is 5.32. The first-order valence-corrected chi connectivity index (χ1v) is 5.09. The van der Waals surface area contributed by atoms with Crippen LogP contribution in [0, 0.1) is 6.92 Å². The van der Waals surface area contributed by atoms with Crippen LogP contribution in [-0.2, 0) is 0 Å². The van der Waals surface area contributed by atoms with Crippen molar-refractivity contribution in [1.29, 1.82) is 0 Å². The molecule has 1 saturated carbocycles. The fraction of sp³-hybridized carbons (Fsp3) is 0.364. The molecule has 1 aliphatic carbocycles. The van der Waals surface area contributed by atoms with E-state index in [1.165, 1.54) is 0 Å². The van der Waals surface area contributed by atoms with Crippen molar-refractivity contribution in [2.24, 2.45) is 5.84 Å². The standard InChI is InChI=1S/C11H15N3O/c1-7-6-8(2-5-10(7)14-12)11(15)13-9-3-4-9/h2,5-6,9,14H,3-4,12H2,1H3,(H,13,15). The zero-order valence-corrected chi connectivity index (χ0v) is 8.71. The summed E-state index contributed by atoms with van der Waals surface area (Å²) in [5, 5.41) is 2.94. The lowest BCUT2D eigenvalue weighted by Crippen LogP contribution is -2.25. The van der Waals surface area contributed by atoms with Crippen LogP contribution in [-0.4, -0.2) is 11.9 Å². The summed E-state index contributed by atoms with van der Waals surface area (Å²) in [6.45, 7) is 1.92. The van der Waals surface area contributed by atoms with Crippen LogP contribution in [0.5, 0.6) is 0 Å². The Morgan fingerprint density at radius 3 is 2.73 bits per heavy atom. The second-order valence-electron chi connectivity index (χ2n) is 3.92. The van der Waals surface area contributed by atoms with E-state index < -0.39 is 0 Å². The predicted molar refractivity (Wildman–Crippen MR) is 59.5 cm³/mol. The highest BCUT2D eigenvalue weighted by molar-refractivity contribution is 5.95. The number of carbonyl (C=O) groups excluding carboxylic acids is 1. The van der Waals surface area contributed by atoms with Gasteiger partial charge in [-0.15, -0.1) is 0 Å². The van der Waals surface area contributed by atoms with Crippen LogP contribution < -0.4 is 16.6 Å². The van der Waals surface area contributed by atoms with Crippen LogP contribution in [0.3, 0.4) is 0 Å². The second kappa shape index (κ2) is 3.90. The van der Waals surface area contributed by atoms with Crippen molar-refractivity contribution < 1.29 is 4.79 Å². The van der Waals surface area contributed by atoms with E-state index in [-0.39, 0.29) is 5.91 Å². The number of hydrogen-bond donors (Lipinski definition) is 3. The van der Waals surface area contributed by atoms with E-state index in [9.17, 15) is 4.79 Å². The zero-order valence-electron chi connectivity index (χ0n) is 8.71. The minimum absolute atomic E-state index is 0.00386. The molecule has 0 heterocycles. The summed E-state index contributed by atoms with van der Waals surface area (Å²) in [6.07, 6.45) is 2.21. The average molecular weight is 205 g/mol. The van der Waals surface area contributed by atoms with Crippen molar-refractivity contribution in [3.05, 3.63) is 29.3 Å². The highest BCUT2D eigenvalue weighted by atomic mass is 16.1. The Morgan fingerprint density at radius 1 is 1.47 bits per heavy atom. The van der Waals surface area contributed by atoms with Crippen molar-refractivity contribution in [1.82, 2.24) is 5.32 Å². The zero-order chi connectivity index (χ0) is 10.8. The topological polar surface area (TPSA) is 67.2 Å². The Labute approximate surface area is 88.8 Å². The van der Waals surface area contributed by atoms with E-state index in [4.69, 9.17) is 5.84 Å². The number of aryl methyl sites for hydroxylation is 1. The number of hydrogen-bond acceptors (Lipinski definition) is 3. The number of nitrogen functional groups attached to an aromatic ring is 1. The lowest BCUT2D eigenvalue weighted by Gasteiger charge is -2.07. The Morgan fingerprint density at radius 2 is 2.20 bits per heavy atom. The van der Waals surface area contributed by atoms with Gasteiger partial charge in [0, 0.05) is 11.6 Å². The van der Waals surface area contributed by atoms with Crippen molar-refractivity contribution >= 4 is 11.6 Å². The molecule has 4 nitrogen and oxygen atoms in total. The van der Waals surface area contributed by atoms with Crippen LogP contribution >= 0.6 is 0 Å². The molecule has 80 valence electrons. The molecule has 0 unspecified atom stereocenters. The SMILES string of the molecule is Cc1cc(C(=O)NC2CC2)ccc1NN. The van der Waals surface area contributed by atoms with Gasteiger partial charge in [0.15, 0.2) is 0 Å². The highest BCUT2D eigenvalue weighted by Crippen LogP contribution is 2.20. The molecule has 0 bridgehead atoms. The van der Waals surface area contributed by atoms with E-state index in [1.54, 1.807) is 6.07 Å². The predicted octanol–water partition coefficient (Wildman–Crippen LogP) is 1.17. The highest BCUT2D eigenvalue weighted by Gasteiger charge is 2.23. The molecule has 0 spiro atoms. The van der Waals surface area contributed by atoms with E-state index in [1.807, 2.05) is 19.1 Å². The molecule has 1 aliphatic rings. The largest absolute Gasteiger partial charge is 0.349 e. The fourth-order valence-electron chi connectivity index (χ4n) is 1.46. The van der Waals surface area contributed by atoms with Crippen LogP contribution in [0.15, 0.2) is 18.2 Å². The monoisotopic (exact) mass is 205 g/mol. The van der Waals surface area contributed by atoms with E-state index in [2.05, 4.69) is 10.7 Å². The Hall–Kier alpha value is -1.55. The van der Waals surface area contributed by atoms with E-state index >= 15 is 0 Å². The number of benzene rings is 1. The van der Waals surface area contributed by atoms with Crippen molar-refractivity contribution in [2.45, 2.75) is 25.8 Å². The van der Waals surface area contributed by atoms with Crippen LogP contribution in [0.4, 0.5) is 5.69 Å². The van der Waals surface area contributed by atoms with Gasteiger partial charge in [-0.1, -0.05) is 0 Å². The molecule has 2 rings (SSSR count). The fourth-order valence-corrected chi connectivity index (χ4v) is 1.46. The van der Waals surface area contributed by atoms with Gasteiger partial charge in [-0.05, 0) is 43.5 Å². The molecule has 1 aromatic carbocycles.